The zero-order valence-corrected chi connectivity index (χ0v) is 10.1. The predicted octanol–water partition coefficient (Wildman–Crippen LogP) is 3.74. The van der Waals surface area contributed by atoms with Crippen molar-refractivity contribution < 1.29 is 0 Å². The number of nitrogens with one attached hydrogen (secondary N) is 1. The van der Waals surface area contributed by atoms with Gasteiger partial charge in [0.1, 0.15) is 0 Å². The highest BCUT2D eigenvalue weighted by Gasteiger charge is 2.34. The van der Waals surface area contributed by atoms with Gasteiger partial charge in [-0.3, -0.25) is 0 Å². The summed E-state index contributed by atoms with van der Waals surface area (Å²) in [4.78, 5) is 0. The summed E-state index contributed by atoms with van der Waals surface area (Å²) < 4.78 is 0. The van der Waals surface area contributed by atoms with E-state index in [1.807, 2.05) is 0 Å². The van der Waals surface area contributed by atoms with Crippen molar-refractivity contribution in [1.82, 2.24) is 5.32 Å². The van der Waals surface area contributed by atoms with Crippen molar-refractivity contribution in [3.05, 3.63) is 0 Å². The van der Waals surface area contributed by atoms with Gasteiger partial charge in [0.05, 0.1) is 0 Å². The molecule has 0 atom stereocenters. The van der Waals surface area contributed by atoms with Gasteiger partial charge in [0.25, 0.3) is 0 Å². The minimum absolute atomic E-state index is 0.699. The Bertz CT molecular complexity index is 133. The topological polar surface area (TPSA) is 12.0 Å². The van der Waals surface area contributed by atoms with Crippen LogP contribution in [0.5, 0.6) is 0 Å². The van der Waals surface area contributed by atoms with Crippen molar-refractivity contribution in [3.8, 4) is 0 Å². The lowest BCUT2D eigenvalue weighted by atomic mass is 9.67. The first kappa shape index (κ1) is 12.0. The first-order valence-corrected chi connectivity index (χ1v) is 6.54. The van der Waals surface area contributed by atoms with Gasteiger partial charge >= 0.3 is 0 Å². The molecule has 0 aromatic heterocycles. The third-order valence-electron chi connectivity index (χ3n) is 3.87. The van der Waals surface area contributed by atoms with E-state index in [0.717, 1.165) is 0 Å². The van der Waals surface area contributed by atoms with Gasteiger partial charge in [-0.25, -0.2) is 0 Å². The minimum Gasteiger partial charge on any atom is -0.316 e. The molecule has 0 aliphatic heterocycles. The maximum Gasteiger partial charge on any atom is 0.000770 e. The molecule has 0 spiro atoms. The second-order valence-corrected chi connectivity index (χ2v) is 4.94. The number of hydrogen-bond acceptors (Lipinski definition) is 1. The lowest BCUT2D eigenvalue weighted by Crippen LogP contribution is -2.39. The fourth-order valence-electron chi connectivity index (χ4n) is 2.36. The van der Waals surface area contributed by atoms with E-state index in [-0.39, 0.29) is 0 Å². The van der Waals surface area contributed by atoms with Gasteiger partial charge in [-0.2, -0.15) is 0 Å². The summed E-state index contributed by atoms with van der Waals surface area (Å²) in [5.41, 5.74) is 0.699. The van der Waals surface area contributed by atoms with Gasteiger partial charge in [0, 0.05) is 6.54 Å². The van der Waals surface area contributed by atoms with Gasteiger partial charge in [-0.05, 0) is 37.6 Å². The van der Waals surface area contributed by atoms with E-state index < -0.39 is 0 Å². The zero-order chi connectivity index (χ0) is 10.3. The molecular weight excluding hydrogens is 170 g/mol. The van der Waals surface area contributed by atoms with Crippen LogP contribution in [-0.4, -0.2) is 13.1 Å². The number of unbranched alkanes of at least 4 members (excludes halogenated alkanes) is 3. The quantitative estimate of drug-likeness (QED) is 0.585. The fourth-order valence-corrected chi connectivity index (χ4v) is 2.36. The molecule has 0 aromatic carbocycles. The number of rotatable bonds is 8. The Morgan fingerprint density at radius 3 is 2.36 bits per heavy atom. The van der Waals surface area contributed by atoms with E-state index in [1.165, 1.54) is 64.5 Å². The van der Waals surface area contributed by atoms with Crippen molar-refractivity contribution in [2.45, 2.75) is 65.2 Å². The van der Waals surface area contributed by atoms with E-state index >= 15 is 0 Å². The van der Waals surface area contributed by atoms with Crippen LogP contribution in [0, 0.1) is 5.41 Å². The molecule has 1 N–H and O–H groups in total. The van der Waals surface area contributed by atoms with Crippen LogP contribution in [-0.2, 0) is 0 Å². The molecule has 1 saturated carbocycles. The molecule has 0 saturated heterocycles. The van der Waals surface area contributed by atoms with Crippen molar-refractivity contribution >= 4 is 0 Å². The Morgan fingerprint density at radius 1 is 1.07 bits per heavy atom. The second-order valence-electron chi connectivity index (χ2n) is 4.94. The molecule has 0 aromatic rings. The summed E-state index contributed by atoms with van der Waals surface area (Å²) in [7, 11) is 0. The lowest BCUT2D eigenvalue weighted by molar-refractivity contribution is 0.124. The summed E-state index contributed by atoms with van der Waals surface area (Å²) in [5.74, 6) is 0. The zero-order valence-electron chi connectivity index (χ0n) is 10.1. The van der Waals surface area contributed by atoms with Crippen molar-refractivity contribution in [1.29, 1.82) is 0 Å². The van der Waals surface area contributed by atoms with Gasteiger partial charge < -0.3 is 5.32 Å². The van der Waals surface area contributed by atoms with Crippen LogP contribution in [0.15, 0.2) is 0 Å². The molecule has 1 heteroatoms. The summed E-state index contributed by atoms with van der Waals surface area (Å²) in [6.07, 6.45) is 11.3. The molecule has 0 unspecified atom stereocenters. The summed E-state index contributed by atoms with van der Waals surface area (Å²) >= 11 is 0. The molecule has 0 bridgehead atoms. The summed E-state index contributed by atoms with van der Waals surface area (Å²) in [5, 5.41) is 3.64. The van der Waals surface area contributed by atoms with Gasteiger partial charge in [-0.15, -0.1) is 0 Å². The van der Waals surface area contributed by atoms with Gasteiger partial charge in [-0.1, -0.05) is 39.5 Å². The van der Waals surface area contributed by atoms with Crippen LogP contribution in [0.4, 0.5) is 0 Å². The standard InChI is InChI=1S/C13H27N/c1-3-5-6-7-11-14-12-13(4-2)9-8-10-13/h14H,3-12H2,1-2H3. The highest BCUT2D eigenvalue weighted by atomic mass is 14.9. The van der Waals surface area contributed by atoms with Crippen LogP contribution >= 0.6 is 0 Å². The molecule has 1 aliphatic rings. The average Bonchev–Trinajstić information content (AvgIpc) is 2.15. The number of hydrogen-bond donors (Lipinski definition) is 1. The second kappa shape index (κ2) is 6.44. The normalized spacial score (nSPS) is 19.3. The average molecular weight is 197 g/mol. The molecule has 1 fully saturated rings. The van der Waals surface area contributed by atoms with Gasteiger partial charge in [0.2, 0.25) is 0 Å². The van der Waals surface area contributed by atoms with Crippen molar-refractivity contribution in [2.24, 2.45) is 5.41 Å². The Balaban J connectivity index is 1.92. The monoisotopic (exact) mass is 197 g/mol. The molecule has 84 valence electrons. The predicted molar refractivity (Wildman–Crippen MR) is 63.6 cm³/mol. The molecule has 0 heterocycles. The van der Waals surface area contributed by atoms with Crippen LogP contribution in [0.2, 0.25) is 0 Å². The summed E-state index contributed by atoms with van der Waals surface area (Å²) in [6, 6.07) is 0. The fraction of sp³-hybridized carbons (Fsp3) is 1.00. The minimum atomic E-state index is 0.699. The first-order chi connectivity index (χ1) is 6.83. The third kappa shape index (κ3) is 3.61. The molecule has 1 aliphatic carbocycles. The van der Waals surface area contributed by atoms with E-state index in [9.17, 15) is 0 Å². The summed E-state index contributed by atoms with van der Waals surface area (Å²) in [6.45, 7) is 7.13. The van der Waals surface area contributed by atoms with Crippen molar-refractivity contribution in [2.75, 3.05) is 13.1 Å². The van der Waals surface area contributed by atoms with Crippen LogP contribution in [0.25, 0.3) is 0 Å². The van der Waals surface area contributed by atoms with E-state index in [4.69, 9.17) is 0 Å². The Morgan fingerprint density at radius 2 is 1.86 bits per heavy atom. The molecular formula is C13H27N. The lowest BCUT2D eigenvalue weighted by Gasteiger charge is -2.41. The van der Waals surface area contributed by atoms with Crippen LogP contribution in [0.3, 0.4) is 0 Å². The van der Waals surface area contributed by atoms with Crippen molar-refractivity contribution in [3.63, 3.8) is 0 Å². The third-order valence-corrected chi connectivity index (χ3v) is 3.87. The SMILES string of the molecule is CCCCCCNCC1(CC)CCC1. The Hall–Kier alpha value is -0.0400. The largest absolute Gasteiger partial charge is 0.316 e. The van der Waals surface area contributed by atoms with E-state index in [0.29, 0.717) is 5.41 Å². The highest BCUT2D eigenvalue weighted by Crippen LogP contribution is 2.42. The Kier molecular flexibility index (Phi) is 5.54. The van der Waals surface area contributed by atoms with E-state index in [1.54, 1.807) is 0 Å². The smallest absolute Gasteiger partial charge is 0.000770 e. The van der Waals surface area contributed by atoms with E-state index in [2.05, 4.69) is 19.2 Å². The molecule has 14 heavy (non-hydrogen) atoms. The maximum absolute atomic E-state index is 3.64. The Labute approximate surface area is 89.7 Å². The molecule has 0 amide bonds. The van der Waals surface area contributed by atoms with Crippen LogP contribution < -0.4 is 5.32 Å². The first-order valence-electron chi connectivity index (χ1n) is 6.54. The highest BCUT2D eigenvalue weighted by molar-refractivity contribution is 4.88. The molecule has 0 radical (unpaired) electrons. The van der Waals surface area contributed by atoms with Crippen LogP contribution in [0.1, 0.15) is 65.2 Å². The van der Waals surface area contributed by atoms with Gasteiger partial charge in [0.15, 0.2) is 0 Å². The molecule has 1 nitrogen and oxygen atoms in total. The molecule has 1 rings (SSSR count). The maximum atomic E-state index is 3.64.